The number of rotatable bonds is 5. The van der Waals surface area contributed by atoms with Gasteiger partial charge in [0, 0.05) is 6.07 Å². The van der Waals surface area contributed by atoms with Crippen LogP contribution < -0.4 is 4.74 Å². The van der Waals surface area contributed by atoms with Crippen molar-refractivity contribution in [3.05, 3.63) is 84.9 Å². The normalized spacial score (nSPS) is 12.0. The van der Waals surface area contributed by atoms with Crippen LogP contribution in [0.2, 0.25) is 0 Å². The molecular weight excluding hydrogens is 443 g/mol. The standard InChI is InChI=1S/C21H18IO2S/c1-16(22)21(23)24-17-9-8-14-20(15-17)25(18-10-4-2-5-11-18)19-12-6-3-7-13-19/h2-16H,1H3/q+1. The molecule has 0 amide bonds. The second-order valence-electron chi connectivity index (χ2n) is 5.44. The third-order valence-electron chi connectivity index (χ3n) is 3.54. The van der Waals surface area contributed by atoms with E-state index in [0.29, 0.717) is 5.75 Å². The highest BCUT2D eigenvalue weighted by molar-refractivity contribution is 14.1. The van der Waals surface area contributed by atoms with Crippen molar-refractivity contribution in [1.82, 2.24) is 0 Å². The van der Waals surface area contributed by atoms with Crippen molar-refractivity contribution in [2.45, 2.75) is 25.5 Å². The highest BCUT2D eigenvalue weighted by Crippen LogP contribution is 2.32. The number of halogens is 1. The number of carbonyl (C=O) groups excluding carboxylic acids is 1. The molecule has 0 fully saturated rings. The molecule has 4 heteroatoms. The van der Waals surface area contributed by atoms with Crippen LogP contribution in [-0.2, 0) is 15.7 Å². The Labute approximate surface area is 164 Å². The quantitative estimate of drug-likeness (QED) is 0.165. The van der Waals surface area contributed by atoms with E-state index in [-0.39, 0.29) is 20.8 Å². The van der Waals surface area contributed by atoms with E-state index in [0.717, 1.165) is 4.90 Å². The van der Waals surface area contributed by atoms with E-state index in [1.165, 1.54) is 9.79 Å². The summed E-state index contributed by atoms with van der Waals surface area (Å²) in [7, 11) is -0.244. The maximum Gasteiger partial charge on any atom is 0.323 e. The highest BCUT2D eigenvalue weighted by Gasteiger charge is 2.28. The van der Waals surface area contributed by atoms with Gasteiger partial charge in [0.05, 0.1) is 10.9 Å². The molecule has 0 aliphatic heterocycles. The summed E-state index contributed by atoms with van der Waals surface area (Å²) in [4.78, 5) is 15.5. The molecule has 3 rings (SSSR count). The lowest BCUT2D eigenvalue weighted by molar-refractivity contribution is -0.133. The molecule has 1 unspecified atom stereocenters. The first-order valence-electron chi connectivity index (χ1n) is 7.95. The molecule has 0 bridgehead atoms. The van der Waals surface area contributed by atoms with Crippen LogP contribution in [0.25, 0.3) is 0 Å². The fourth-order valence-corrected chi connectivity index (χ4v) is 4.63. The molecule has 0 saturated carbocycles. The van der Waals surface area contributed by atoms with Crippen molar-refractivity contribution in [3.8, 4) is 5.75 Å². The topological polar surface area (TPSA) is 26.3 Å². The van der Waals surface area contributed by atoms with Gasteiger partial charge >= 0.3 is 5.97 Å². The van der Waals surface area contributed by atoms with Gasteiger partial charge in [0.2, 0.25) is 0 Å². The number of hydrogen-bond donors (Lipinski definition) is 0. The smallest absolute Gasteiger partial charge is 0.323 e. The summed E-state index contributed by atoms with van der Waals surface area (Å²) in [6.07, 6.45) is 0. The summed E-state index contributed by atoms with van der Waals surface area (Å²) in [6, 6.07) is 28.7. The number of hydrogen-bond acceptors (Lipinski definition) is 2. The summed E-state index contributed by atoms with van der Waals surface area (Å²) in [5, 5.41) is 0. The fraction of sp³-hybridized carbons (Fsp3) is 0.0952. The number of carbonyl (C=O) groups is 1. The zero-order chi connectivity index (χ0) is 17.6. The monoisotopic (exact) mass is 461 g/mol. The van der Waals surface area contributed by atoms with Gasteiger partial charge in [0.25, 0.3) is 0 Å². The number of ether oxygens (including phenoxy) is 1. The second kappa shape index (κ2) is 8.54. The third-order valence-corrected chi connectivity index (χ3v) is 6.26. The van der Waals surface area contributed by atoms with E-state index >= 15 is 0 Å². The Morgan fingerprint density at radius 3 is 1.88 bits per heavy atom. The minimum absolute atomic E-state index is 0.178. The molecule has 0 radical (unpaired) electrons. The van der Waals surface area contributed by atoms with E-state index in [1.54, 1.807) is 0 Å². The van der Waals surface area contributed by atoms with Crippen LogP contribution in [-0.4, -0.2) is 9.89 Å². The summed E-state index contributed by atoms with van der Waals surface area (Å²) in [6.45, 7) is 1.82. The summed E-state index contributed by atoms with van der Waals surface area (Å²) in [5.74, 6) is 0.368. The molecule has 1 atom stereocenters. The molecule has 0 aliphatic carbocycles. The molecule has 126 valence electrons. The van der Waals surface area contributed by atoms with Crippen molar-refractivity contribution in [1.29, 1.82) is 0 Å². The van der Waals surface area contributed by atoms with Crippen molar-refractivity contribution >= 4 is 39.5 Å². The highest BCUT2D eigenvalue weighted by atomic mass is 127. The predicted octanol–water partition coefficient (Wildman–Crippen LogP) is 5.51. The largest absolute Gasteiger partial charge is 0.426 e. The van der Waals surface area contributed by atoms with Gasteiger partial charge < -0.3 is 4.74 Å². The van der Waals surface area contributed by atoms with Crippen LogP contribution >= 0.6 is 22.6 Å². The van der Waals surface area contributed by atoms with Crippen LogP contribution in [0.15, 0.2) is 99.6 Å². The van der Waals surface area contributed by atoms with Crippen molar-refractivity contribution < 1.29 is 9.53 Å². The van der Waals surface area contributed by atoms with E-state index in [9.17, 15) is 4.79 Å². The SMILES string of the molecule is CC(I)C(=O)Oc1cccc([S+](c2ccccc2)c2ccccc2)c1. The molecule has 25 heavy (non-hydrogen) atoms. The summed E-state index contributed by atoms with van der Waals surface area (Å²) in [5.41, 5.74) is 0. The molecule has 0 heterocycles. The number of esters is 1. The Bertz CT molecular complexity index is 795. The first kappa shape index (κ1) is 18.0. The molecule has 0 aromatic heterocycles. The van der Waals surface area contributed by atoms with Crippen molar-refractivity contribution in [2.24, 2.45) is 0 Å². The van der Waals surface area contributed by atoms with Crippen LogP contribution in [0, 0.1) is 0 Å². The molecule has 0 saturated heterocycles. The average molecular weight is 461 g/mol. The van der Waals surface area contributed by atoms with Gasteiger partial charge in [-0.1, -0.05) is 65.1 Å². The Hall–Kier alpha value is -1.79. The van der Waals surface area contributed by atoms with Gasteiger partial charge in [-0.15, -0.1) is 0 Å². The lowest BCUT2D eigenvalue weighted by Gasteiger charge is -2.10. The minimum atomic E-state index is -0.244. The van der Waals surface area contributed by atoms with E-state index in [4.69, 9.17) is 4.74 Å². The van der Waals surface area contributed by atoms with Gasteiger partial charge in [-0.05, 0) is 43.3 Å². The van der Waals surface area contributed by atoms with Gasteiger partial charge in [0.15, 0.2) is 14.7 Å². The fourth-order valence-electron chi connectivity index (χ4n) is 2.38. The molecule has 0 spiro atoms. The second-order valence-corrected chi connectivity index (χ2v) is 9.34. The van der Waals surface area contributed by atoms with Crippen LogP contribution in [0.4, 0.5) is 0 Å². The molecule has 0 N–H and O–H groups in total. The van der Waals surface area contributed by atoms with E-state index in [1.807, 2.05) is 37.3 Å². The Morgan fingerprint density at radius 2 is 1.36 bits per heavy atom. The molecule has 0 aliphatic rings. The van der Waals surface area contributed by atoms with Gasteiger partial charge in [-0.25, -0.2) is 0 Å². The predicted molar refractivity (Wildman–Crippen MR) is 111 cm³/mol. The van der Waals surface area contributed by atoms with E-state index in [2.05, 4.69) is 77.2 Å². The number of benzene rings is 3. The first-order chi connectivity index (χ1) is 12.1. The Balaban J connectivity index is 2.01. The maximum absolute atomic E-state index is 11.9. The first-order valence-corrected chi connectivity index (χ1v) is 10.4. The summed E-state index contributed by atoms with van der Waals surface area (Å²) >= 11 is 2.06. The molecule has 2 nitrogen and oxygen atoms in total. The van der Waals surface area contributed by atoms with Gasteiger partial charge in [0.1, 0.15) is 9.67 Å². The van der Waals surface area contributed by atoms with Gasteiger partial charge in [-0.2, -0.15) is 0 Å². The molecule has 3 aromatic rings. The Morgan fingerprint density at radius 1 is 0.840 bits per heavy atom. The zero-order valence-corrected chi connectivity index (χ0v) is 16.7. The minimum Gasteiger partial charge on any atom is -0.426 e. The zero-order valence-electron chi connectivity index (χ0n) is 13.8. The van der Waals surface area contributed by atoms with Crippen molar-refractivity contribution in [2.75, 3.05) is 0 Å². The summed E-state index contributed by atoms with van der Waals surface area (Å²) < 4.78 is 5.32. The lowest BCUT2D eigenvalue weighted by Crippen LogP contribution is -2.17. The Kier molecular flexibility index (Phi) is 6.15. The lowest BCUT2D eigenvalue weighted by atomic mass is 10.3. The maximum atomic E-state index is 11.9. The van der Waals surface area contributed by atoms with Crippen LogP contribution in [0.1, 0.15) is 6.92 Å². The average Bonchev–Trinajstić information content (AvgIpc) is 2.64. The molecule has 3 aromatic carbocycles. The van der Waals surface area contributed by atoms with Gasteiger partial charge in [-0.3, -0.25) is 4.79 Å². The number of alkyl halides is 1. The molecular formula is C21H18IO2S+. The van der Waals surface area contributed by atoms with Crippen LogP contribution in [0.5, 0.6) is 5.75 Å². The van der Waals surface area contributed by atoms with Crippen molar-refractivity contribution in [3.63, 3.8) is 0 Å². The van der Waals surface area contributed by atoms with E-state index < -0.39 is 0 Å². The third kappa shape index (κ3) is 4.64. The van der Waals surface area contributed by atoms with Crippen LogP contribution in [0.3, 0.4) is 0 Å².